The first-order valence-corrected chi connectivity index (χ1v) is 8.53. The third-order valence-corrected chi connectivity index (χ3v) is 3.65. The van der Waals surface area contributed by atoms with E-state index in [4.69, 9.17) is 4.74 Å². The molecule has 0 bridgehead atoms. The number of carbonyl (C=O) groups excluding carboxylic acids is 1. The fourth-order valence-corrected chi connectivity index (χ4v) is 2.45. The van der Waals surface area contributed by atoms with E-state index in [1.807, 2.05) is 30.3 Å². The fourth-order valence-electron chi connectivity index (χ4n) is 1.25. The standard InChI is InChI=1S/C12H17NO5S2/c1-3-17-12(14)13(9-10-18-20(2,15)16)19-11-7-5-4-6-8-11/h4-8H,3,9-10H2,1-2H3. The van der Waals surface area contributed by atoms with Crippen LogP contribution in [0.4, 0.5) is 4.79 Å². The predicted octanol–water partition coefficient (Wildman–Crippen LogP) is 2.13. The van der Waals surface area contributed by atoms with Gasteiger partial charge in [-0.2, -0.15) is 8.42 Å². The van der Waals surface area contributed by atoms with Crippen LogP contribution in [-0.2, 0) is 19.0 Å². The molecule has 6 nitrogen and oxygen atoms in total. The van der Waals surface area contributed by atoms with Gasteiger partial charge in [-0.1, -0.05) is 18.2 Å². The van der Waals surface area contributed by atoms with Gasteiger partial charge >= 0.3 is 6.09 Å². The second-order valence-electron chi connectivity index (χ2n) is 3.73. The molecule has 0 aliphatic rings. The third kappa shape index (κ3) is 6.78. The normalized spacial score (nSPS) is 11.1. The van der Waals surface area contributed by atoms with Crippen molar-refractivity contribution in [3.05, 3.63) is 30.3 Å². The number of hydrogen-bond acceptors (Lipinski definition) is 6. The van der Waals surface area contributed by atoms with Crippen LogP contribution in [0.1, 0.15) is 6.92 Å². The van der Waals surface area contributed by atoms with E-state index in [1.165, 1.54) is 16.3 Å². The molecule has 8 heteroatoms. The molecule has 0 saturated heterocycles. The van der Waals surface area contributed by atoms with E-state index in [0.29, 0.717) is 0 Å². The molecule has 0 aromatic heterocycles. The van der Waals surface area contributed by atoms with Gasteiger partial charge in [0.15, 0.2) is 0 Å². The lowest BCUT2D eigenvalue weighted by Gasteiger charge is -2.20. The van der Waals surface area contributed by atoms with Crippen molar-refractivity contribution in [2.45, 2.75) is 11.8 Å². The van der Waals surface area contributed by atoms with Crippen LogP contribution < -0.4 is 0 Å². The molecule has 1 rings (SSSR count). The highest BCUT2D eigenvalue weighted by atomic mass is 32.2. The van der Waals surface area contributed by atoms with Gasteiger partial charge in [0, 0.05) is 4.90 Å². The first kappa shape index (κ1) is 16.8. The largest absolute Gasteiger partial charge is 0.449 e. The lowest BCUT2D eigenvalue weighted by Crippen LogP contribution is -2.29. The van der Waals surface area contributed by atoms with Crippen molar-refractivity contribution < 1.29 is 22.1 Å². The predicted molar refractivity (Wildman–Crippen MR) is 76.8 cm³/mol. The average Bonchev–Trinajstić information content (AvgIpc) is 2.37. The fraction of sp³-hybridized carbons (Fsp3) is 0.417. The molecule has 0 fully saturated rings. The maximum absolute atomic E-state index is 11.8. The molecule has 0 spiro atoms. The highest BCUT2D eigenvalue weighted by Gasteiger charge is 2.17. The Kier molecular flexibility index (Phi) is 6.83. The summed E-state index contributed by atoms with van der Waals surface area (Å²) in [4.78, 5) is 12.6. The van der Waals surface area contributed by atoms with Gasteiger partial charge in [0.05, 0.1) is 26.0 Å². The molecule has 0 radical (unpaired) electrons. The van der Waals surface area contributed by atoms with Gasteiger partial charge in [0.25, 0.3) is 10.1 Å². The summed E-state index contributed by atoms with van der Waals surface area (Å²) in [5, 5.41) is 0. The summed E-state index contributed by atoms with van der Waals surface area (Å²) in [6.07, 6.45) is 0.435. The van der Waals surface area contributed by atoms with Crippen molar-refractivity contribution in [1.29, 1.82) is 0 Å². The van der Waals surface area contributed by atoms with Gasteiger partial charge in [-0.05, 0) is 31.0 Å². The lowest BCUT2D eigenvalue weighted by molar-refractivity contribution is 0.129. The number of hydrogen-bond donors (Lipinski definition) is 0. The summed E-state index contributed by atoms with van der Waals surface area (Å²) in [7, 11) is -3.52. The highest BCUT2D eigenvalue weighted by Crippen LogP contribution is 2.22. The Morgan fingerprint density at radius 1 is 1.30 bits per heavy atom. The van der Waals surface area contributed by atoms with Gasteiger partial charge in [-0.3, -0.25) is 4.18 Å². The zero-order valence-electron chi connectivity index (χ0n) is 11.3. The first-order chi connectivity index (χ1) is 9.42. The molecule has 20 heavy (non-hydrogen) atoms. The first-order valence-electron chi connectivity index (χ1n) is 5.94. The van der Waals surface area contributed by atoms with Crippen molar-refractivity contribution in [2.75, 3.05) is 26.0 Å². The Hall–Kier alpha value is -1.25. The molecule has 0 aliphatic heterocycles. The molecule has 1 aromatic rings. The van der Waals surface area contributed by atoms with Gasteiger partial charge < -0.3 is 4.74 Å². The van der Waals surface area contributed by atoms with Crippen LogP contribution >= 0.6 is 11.9 Å². The Morgan fingerprint density at radius 2 is 1.95 bits per heavy atom. The van der Waals surface area contributed by atoms with Crippen LogP contribution in [0.5, 0.6) is 0 Å². The number of nitrogens with zero attached hydrogens (tertiary/aromatic N) is 1. The topological polar surface area (TPSA) is 72.9 Å². The maximum Gasteiger partial charge on any atom is 0.420 e. The number of rotatable bonds is 7. The van der Waals surface area contributed by atoms with Crippen LogP contribution in [0.25, 0.3) is 0 Å². The Labute approximate surface area is 123 Å². The zero-order valence-corrected chi connectivity index (χ0v) is 12.9. The van der Waals surface area contributed by atoms with Crippen molar-refractivity contribution in [3.63, 3.8) is 0 Å². The van der Waals surface area contributed by atoms with E-state index < -0.39 is 16.2 Å². The summed E-state index contributed by atoms with van der Waals surface area (Å²) in [5.74, 6) is 0. The Balaban J connectivity index is 2.63. The number of amides is 1. The van der Waals surface area contributed by atoms with Gasteiger partial charge in [0.1, 0.15) is 0 Å². The third-order valence-electron chi connectivity index (χ3n) is 2.02. The number of benzene rings is 1. The van der Waals surface area contributed by atoms with E-state index in [0.717, 1.165) is 11.2 Å². The SMILES string of the molecule is CCOC(=O)N(CCOS(C)(=O)=O)Sc1ccccc1. The minimum atomic E-state index is -3.52. The van der Waals surface area contributed by atoms with Crippen LogP contribution in [0.3, 0.4) is 0 Å². The van der Waals surface area contributed by atoms with Crippen molar-refractivity contribution >= 4 is 28.2 Å². The molecule has 0 N–H and O–H groups in total. The Bertz CT molecular complexity index is 518. The lowest BCUT2D eigenvalue weighted by atomic mass is 10.4. The molecular formula is C12H17NO5S2. The van der Waals surface area contributed by atoms with E-state index in [-0.39, 0.29) is 19.8 Å². The monoisotopic (exact) mass is 319 g/mol. The van der Waals surface area contributed by atoms with Gasteiger partial charge in [-0.25, -0.2) is 9.10 Å². The van der Waals surface area contributed by atoms with Gasteiger partial charge in [-0.15, -0.1) is 0 Å². The molecule has 0 atom stereocenters. The van der Waals surface area contributed by atoms with Crippen molar-refractivity contribution in [1.82, 2.24) is 4.31 Å². The molecule has 112 valence electrons. The zero-order chi connectivity index (χ0) is 15.0. The summed E-state index contributed by atoms with van der Waals surface area (Å²) in [6.45, 7) is 1.94. The van der Waals surface area contributed by atoms with Crippen LogP contribution in [0.15, 0.2) is 35.2 Å². The minimum absolute atomic E-state index is 0.103. The van der Waals surface area contributed by atoms with Gasteiger partial charge in [0.2, 0.25) is 0 Å². The molecule has 1 aromatic carbocycles. The van der Waals surface area contributed by atoms with E-state index in [2.05, 4.69) is 4.18 Å². The van der Waals surface area contributed by atoms with E-state index in [1.54, 1.807) is 6.92 Å². The number of ether oxygens (including phenoxy) is 1. The molecule has 1 amide bonds. The summed E-state index contributed by atoms with van der Waals surface area (Å²) < 4.78 is 32.7. The Morgan fingerprint density at radius 3 is 2.50 bits per heavy atom. The van der Waals surface area contributed by atoms with Crippen LogP contribution in [0.2, 0.25) is 0 Å². The number of carbonyl (C=O) groups is 1. The van der Waals surface area contributed by atoms with E-state index in [9.17, 15) is 13.2 Å². The second kappa shape index (κ2) is 8.13. The highest BCUT2D eigenvalue weighted by molar-refractivity contribution is 7.97. The van der Waals surface area contributed by atoms with Crippen molar-refractivity contribution in [3.8, 4) is 0 Å². The molecule has 0 unspecified atom stereocenters. The smallest absolute Gasteiger partial charge is 0.420 e. The quantitative estimate of drug-likeness (QED) is 0.566. The molecular weight excluding hydrogens is 302 g/mol. The second-order valence-corrected chi connectivity index (χ2v) is 6.47. The maximum atomic E-state index is 11.8. The minimum Gasteiger partial charge on any atom is -0.449 e. The average molecular weight is 319 g/mol. The molecule has 0 aliphatic carbocycles. The summed E-state index contributed by atoms with van der Waals surface area (Å²) >= 11 is 1.17. The van der Waals surface area contributed by atoms with E-state index >= 15 is 0 Å². The molecule has 0 saturated carbocycles. The van der Waals surface area contributed by atoms with Crippen molar-refractivity contribution in [2.24, 2.45) is 0 Å². The molecule has 0 heterocycles. The van der Waals surface area contributed by atoms with Crippen LogP contribution in [0, 0.1) is 0 Å². The van der Waals surface area contributed by atoms with Crippen LogP contribution in [-0.4, -0.2) is 44.8 Å². The summed E-state index contributed by atoms with van der Waals surface area (Å²) in [5.41, 5.74) is 0. The summed E-state index contributed by atoms with van der Waals surface area (Å²) in [6, 6.07) is 9.24.